The van der Waals surface area contributed by atoms with Crippen LogP contribution in [0.2, 0.25) is 0 Å². The van der Waals surface area contributed by atoms with Crippen LogP contribution in [0.1, 0.15) is 26.5 Å². The van der Waals surface area contributed by atoms with Gasteiger partial charge < -0.3 is 4.98 Å². The van der Waals surface area contributed by atoms with Gasteiger partial charge in [0.15, 0.2) is 0 Å². The van der Waals surface area contributed by atoms with Crippen LogP contribution in [0.5, 0.6) is 0 Å². The maximum absolute atomic E-state index is 4.30. The van der Waals surface area contributed by atoms with Crippen molar-refractivity contribution < 1.29 is 0 Å². The topological polar surface area (TPSA) is 28.7 Å². The summed E-state index contributed by atoms with van der Waals surface area (Å²) in [6.45, 7) is 6.11. The molecule has 2 aromatic rings. The van der Waals surface area contributed by atoms with E-state index in [1.807, 2.05) is 38.2 Å². The van der Waals surface area contributed by atoms with E-state index in [0.717, 1.165) is 17.8 Å². The Kier molecular flexibility index (Phi) is 4.61. The van der Waals surface area contributed by atoms with Gasteiger partial charge in [-0.05, 0) is 6.42 Å². The van der Waals surface area contributed by atoms with E-state index in [4.69, 9.17) is 0 Å². The number of aryl methyl sites for hydroxylation is 1. The number of rotatable bonds is 2. The Hall–Kier alpha value is -1.57. The van der Waals surface area contributed by atoms with Crippen LogP contribution >= 0.6 is 0 Å². The molecule has 0 saturated carbocycles. The van der Waals surface area contributed by atoms with Crippen LogP contribution in [0.4, 0.5) is 0 Å². The Morgan fingerprint density at radius 2 is 1.80 bits per heavy atom. The molecule has 0 saturated heterocycles. The minimum atomic E-state index is 0.956. The SMILES string of the molecule is CC.CCc1cnc(-c2ccccc2)[nH]1. The first-order valence-electron chi connectivity index (χ1n) is 5.49. The number of benzene rings is 1. The Bertz CT molecular complexity index is 376. The van der Waals surface area contributed by atoms with E-state index in [9.17, 15) is 0 Å². The van der Waals surface area contributed by atoms with Crippen LogP contribution in [0.3, 0.4) is 0 Å². The minimum Gasteiger partial charge on any atom is -0.342 e. The summed E-state index contributed by atoms with van der Waals surface area (Å²) in [7, 11) is 0. The molecular weight excluding hydrogens is 184 g/mol. The van der Waals surface area contributed by atoms with Gasteiger partial charge in [0, 0.05) is 17.5 Å². The van der Waals surface area contributed by atoms with E-state index in [2.05, 4.69) is 29.0 Å². The van der Waals surface area contributed by atoms with Crippen molar-refractivity contribution >= 4 is 0 Å². The van der Waals surface area contributed by atoms with Crippen molar-refractivity contribution in [2.45, 2.75) is 27.2 Å². The quantitative estimate of drug-likeness (QED) is 0.791. The predicted molar refractivity (Wildman–Crippen MR) is 64.7 cm³/mol. The normalized spacial score (nSPS) is 9.27. The van der Waals surface area contributed by atoms with Crippen molar-refractivity contribution in [2.75, 3.05) is 0 Å². The van der Waals surface area contributed by atoms with Gasteiger partial charge in [-0.1, -0.05) is 51.1 Å². The van der Waals surface area contributed by atoms with Crippen molar-refractivity contribution in [1.82, 2.24) is 9.97 Å². The van der Waals surface area contributed by atoms with Crippen LogP contribution in [0, 0.1) is 0 Å². The molecule has 0 aliphatic heterocycles. The van der Waals surface area contributed by atoms with Crippen molar-refractivity contribution in [3.05, 3.63) is 42.2 Å². The fraction of sp³-hybridized carbons (Fsp3) is 0.308. The summed E-state index contributed by atoms with van der Waals surface area (Å²) in [5, 5.41) is 0. The highest BCUT2D eigenvalue weighted by atomic mass is 14.9. The second-order valence-corrected chi connectivity index (χ2v) is 2.98. The lowest BCUT2D eigenvalue weighted by molar-refractivity contribution is 1.07. The lowest BCUT2D eigenvalue weighted by Crippen LogP contribution is -1.80. The van der Waals surface area contributed by atoms with Gasteiger partial charge in [-0.25, -0.2) is 4.98 Å². The minimum absolute atomic E-state index is 0.956. The summed E-state index contributed by atoms with van der Waals surface area (Å²) in [6, 6.07) is 10.1. The molecule has 2 heteroatoms. The molecule has 2 rings (SSSR count). The lowest BCUT2D eigenvalue weighted by atomic mass is 10.2. The summed E-state index contributed by atoms with van der Waals surface area (Å²) < 4.78 is 0. The van der Waals surface area contributed by atoms with Crippen LogP contribution in [0.15, 0.2) is 36.5 Å². The molecule has 1 heterocycles. The van der Waals surface area contributed by atoms with Crippen LogP contribution < -0.4 is 0 Å². The molecule has 0 radical (unpaired) electrons. The molecule has 0 fully saturated rings. The van der Waals surface area contributed by atoms with E-state index in [-0.39, 0.29) is 0 Å². The highest BCUT2D eigenvalue weighted by molar-refractivity contribution is 5.54. The van der Waals surface area contributed by atoms with Gasteiger partial charge in [0.1, 0.15) is 5.82 Å². The second-order valence-electron chi connectivity index (χ2n) is 2.98. The summed E-state index contributed by atoms with van der Waals surface area (Å²) >= 11 is 0. The molecule has 2 nitrogen and oxygen atoms in total. The molecule has 0 aliphatic carbocycles. The second kappa shape index (κ2) is 6.02. The van der Waals surface area contributed by atoms with Crippen molar-refractivity contribution in [2.24, 2.45) is 0 Å². The third kappa shape index (κ3) is 2.94. The first kappa shape index (κ1) is 11.5. The average Bonchev–Trinajstić information content (AvgIpc) is 2.81. The fourth-order valence-corrected chi connectivity index (χ4v) is 1.28. The first-order chi connectivity index (χ1) is 7.40. The number of hydrogen-bond acceptors (Lipinski definition) is 1. The molecule has 0 bridgehead atoms. The molecule has 0 spiro atoms. The van der Waals surface area contributed by atoms with Gasteiger partial charge in [-0.15, -0.1) is 0 Å². The molecule has 1 aromatic carbocycles. The third-order valence-electron chi connectivity index (χ3n) is 2.06. The van der Waals surface area contributed by atoms with E-state index in [0.29, 0.717) is 0 Å². The highest BCUT2D eigenvalue weighted by Crippen LogP contribution is 2.14. The van der Waals surface area contributed by atoms with E-state index >= 15 is 0 Å². The van der Waals surface area contributed by atoms with Gasteiger partial charge >= 0.3 is 0 Å². The van der Waals surface area contributed by atoms with Crippen molar-refractivity contribution in [1.29, 1.82) is 0 Å². The highest BCUT2D eigenvalue weighted by Gasteiger charge is 2.00. The third-order valence-corrected chi connectivity index (χ3v) is 2.06. The summed E-state index contributed by atoms with van der Waals surface area (Å²) in [4.78, 5) is 7.57. The van der Waals surface area contributed by atoms with Crippen LogP contribution in [-0.4, -0.2) is 9.97 Å². The standard InChI is InChI=1S/C11H12N2.C2H6/c1-2-10-8-12-11(13-10)9-6-4-3-5-7-9;1-2/h3-8H,2H2,1H3,(H,12,13);1-2H3. The molecule has 0 aliphatic rings. The smallest absolute Gasteiger partial charge is 0.137 e. The van der Waals surface area contributed by atoms with Crippen molar-refractivity contribution in [3.63, 3.8) is 0 Å². The zero-order valence-corrected chi connectivity index (χ0v) is 9.62. The largest absolute Gasteiger partial charge is 0.342 e. The van der Waals surface area contributed by atoms with Gasteiger partial charge in [-0.3, -0.25) is 0 Å². The Morgan fingerprint density at radius 1 is 1.13 bits per heavy atom. The average molecular weight is 202 g/mol. The zero-order valence-electron chi connectivity index (χ0n) is 9.62. The summed E-state index contributed by atoms with van der Waals surface area (Å²) in [6.07, 6.45) is 2.89. The molecule has 0 amide bonds. The zero-order chi connectivity index (χ0) is 11.1. The lowest BCUT2D eigenvalue weighted by Gasteiger charge is -1.94. The molecule has 0 atom stereocenters. The number of hydrogen-bond donors (Lipinski definition) is 1. The number of nitrogens with zero attached hydrogens (tertiary/aromatic N) is 1. The number of aromatic amines is 1. The fourth-order valence-electron chi connectivity index (χ4n) is 1.28. The Labute approximate surface area is 91.4 Å². The van der Waals surface area contributed by atoms with E-state index < -0.39 is 0 Å². The molecule has 80 valence electrons. The maximum atomic E-state index is 4.30. The molecule has 15 heavy (non-hydrogen) atoms. The Balaban J connectivity index is 0.000000531. The van der Waals surface area contributed by atoms with Gasteiger partial charge in [0.25, 0.3) is 0 Å². The number of nitrogens with one attached hydrogen (secondary N) is 1. The number of imidazole rings is 1. The number of aromatic nitrogens is 2. The van der Waals surface area contributed by atoms with Crippen molar-refractivity contribution in [3.8, 4) is 11.4 Å². The first-order valence-corrected chi connectivity index (χ1v) is 5.49. The van der Waals surface area contributed by atoms with Gasteiger partial charge in [0.2, 0.25) is 0 Å². The van der Waals surface area contributed by atoms with E-state index in [1.54, 1.807) is 0 Å². The van der Waals surface area contributed by atoms with Gasteiger partial charge in [-0.2, -0.15) is 0 Å². The predicted octanol–water partition coefficient (Wildman–Crippen LogP) is 3.67. The Morgan fingerprint density at radius 3 is 2.33 bits per heavy atom. The van der Waals surface area contributed by atoms with Gasteiger partial charge in [0.05, 0.1) is 0 Å². The molecule has 0 unspecified atom stereocenters. The molecule has 1 aromatic heterocycles. The number of H-pyrrole nitrogens is 1. The van der Waals surface area contributed by atoms with E-state index in [1.165, 1.54) is 5.69 Å². The summed E-state index contributed by atoms with van der Waals surface area (Å²) in [5.74, 6) is 0.956. The van der Waals surface area contributed by atoms with Crippen LogP contribution in [0.25, 0.3) is 11.4 Å². The monoisotopic (exact) mass is 202 g/mol. The maximum Gasteiger partial charge on any atom is 0.137 e. The summed E-state index contributed by atoms with van der Waals surface area (Å²) in [5.41, 5.74) is 2.32. The molecule has 1 N–H and O–H groups in total. The molecular formula is C13H18N2. The van der Waals surface area contributed by atoms with Crippen LogP contribution in [-0.2, 0) is 6.42 Å².